The van der Waals surface area contributed by atoms with E-state index in [2.05, 4.69) is 50.4 Å². The van der Waals surface area contributed by atoms with Crippen molar-refractivity contribution in [2.75, 3.05) is 13.2 Å². The molecule has 2 rings (SSSR count). The van der Waals surface area contributed by atoms with Gasteiger partial charge in [0.05, 0.1) is 6.10 Å². The van der Waals surface area contributed by atoms with Gasteiger partial charge in [-0.05, 0) is 30.2 Å². The molecule has 1 aliphatic carbocycles. The molecule has 3 unspecified atom stereocenters. The summed E-state index contributed by atoms with van der Waals surface area (Å²) in [5.41, 5.74) is 1.28. The molecule has 128 valence electrons. The molecule has 1 amide bonds. The number of carbonyl (C=O) groups is 1. The lowest BCUT2D eigenvalue weighted by molar-refractivity contribution is -0.128. The fraction of sp³-hybridized carbons (Fsp3) is 0.650. The number of nitrogens with one attached hydrogen (secondary N) is 1. The zero-order chi connectivity index (χ0) is 16.7. The summed E-state index contributed by atoms with van der Waals surface area (Å²) in [7, 11) is 0. The van der Waals surface area contributed by atoms with E-state index in [1.165, 1.54) is 18.4 Å². The monoisotopic (exact) mass is 317 g/mol. The lowest BCUT2D eigenvalue weighted by Crippen LogP contribution is -2.35. The topological polar surface area (TPSA) is 38.3 Å². The number of hydrogen-bond acceptors (Lipinski definition) is 2. The Kier molecular flexibility index (Phi) is 7.10. The molecule has 0 radical (unpaired) electrons. The molecule has 3 nitrogen and oxygen atoms in total. The molecule has 1 N–H and O–H groups in total. The summed E-state index contributed by atoms with van der Waals surface area (Å²) in [4.78, 5) is 12.1. The Morgan fingerprint density at radius 2 is 2.00 bits per heavy atom. The van der Waals surface area contributed by atoms with Crippen LogP contribution in [0.5, 0.6) is 0 Å². The number of hydrogen-bond donors (Lipinski definition) is 1. The normalized spacial score (nSPS) is 22.8. The SMILES string of the molecule is CC1CCCC(OCC(=O)NCC(c2ccccc2)C(C)C)C1. The second kappa shape index (κ2) is 9.07. The summed E-state index contributed by atoms with van der Waals surface area (Å²) in [5, 5.41) is 3.05. The van der Waals surface area contributed by atoms with Gasteiger partial charge in [0.25, 0.3) is 0 Å². The molecule has 1 aromatic carbocycles. The fourth-order valence-corrected chi connectivity index (χ4v) is 3.44. The van der Waals surface area contributed by atoms with Crippen molar-refractivity contribution in [3.63, 3.8) is 0 Å². The molecule has 0 saturated heterocycles. The van der Waals surface area contributed by atoms with Gasteiger partial charge in [0.15, 0.2) is 0 Å². The second-order valence-corrected chi connectivity index (χ2v) is 7.27. The number of carbonyl (C=O) groups excluding carboxylic acids is 1. The number of rotatable bonds is 7. The van der Waals surface area contributed by atoms with Crippen LogP contribution in [-0.4, -0.2) is 25.2 Å². The van der Waals surface area contributed by atoms with E-state index >= 15 is 0 Å². The van der Waals surface area contributed by atoms with E-state index < -0.39 is 0 Å². The van der Waals surface area contributed by atoms with Crippen molar-refractivity contribution in [3.05, 3.63) is 35.9 Å². The van der Waals surface area contributed by atoms with Crippen LogP contribution < -0.4 is 5.32 Å². The van der Waals surface area contributed by atoms with Gasteiger partial charge in [-0.3, -0.25) is 4.79 Å². The highest BCUT2D eigenvalue weighted by molar-refractivity contribution is 5.77. The van der Waals surface area contributed by atoms with Crippen LogP contribution in [0.1, 0.15) is 57.9 Å². The Hall–Kier alpha value is -1.35. The zero-order valence-corrected chi connectivity index (χ0v) is 14.8. The summed E-state index contributed by atoms with van der Waals surface area (Å²) >= 11 is 0. The highest BCUT2D eigenvalue weighted by Gasteiger charge is 2.21. The zero-order valence-electron chi connectivity index (χ0n) is 14.8. The maximum Gasteiger partial charge on any atom is 0.246 e. The molecule has 3 atom stereocenters. The Morgan fingerprint density at radius 1 is 1.26 bits per heavy atom. The van der Waals surface area contributed by atoms with Gasteiger partial charge in [-0.15, -0.1) is 0 Å². The molecule has 0 heterocycles. The van der Waals surface area contributed by atoms with Crippen LogP contribution in [0.4, 0.5) is 0 Å². The van der Waals surface area contributed by atoms with Crippen LogP contribution in [0.3, 0.4) is 0 Å². The van der Waals surface area contributed by atoms with Gasteiger partial charge in [0.2, 0.25) is 5.91 Å². The fourth-order valence-electron chi connectivity index (χ4n) is 3.44. The van der Waals surface area contributed by atoms with Gasteiger partial charge in [-0.25, -0.2) is 0 Å². The minimum absolute atomic E-state index is 0.00445. The standard InChI is InChI=1S/C20H31NO2/c1-15(2)19(17-9-5-4-6-10-17)13-21-20(22)14-23-18-11-7-8-16(3)12-18/h4-6,9-10,15-16,18-19H,7-8,11-14H2,1-3H3,(H,21,22). The van der Waals surface area contributed by atoms with Crippen LogP contribution in [-0.2, 0) is 9.53 Å². The smallest absolute Gasteiger partial charge is 0.246 e. The number of amides is 1. The van der Waals surface area contributed by atoms with E-state index in [1.54, 1.807) is 0 Å². The average Bonchev–Trinajstić information content (AvgIpc) is 2.54. The van der Waals surface area contributed by atoms with Crippen molar-refractivity contribution in [2.45, 2.75) is 58.5 Å². The maximum atomic E-state index is 12.1. The second-order valence-electron chi connectivity index (χ2n) is 7.27. The third-order valence-electron chi connectivity index (χ3n) is 4.89. The molecular formula is C20H31NO2. The van der Waals surface area contributed by atoms with Crippen molar-refractivity contribution < 1.29 is 9.53 Å². The van der Waals surface area contributed by atoms with Gasteiger partial charge < -0.3 is 10.1 Å². The van der Waals surface area contributed by atoms with E-state index in [0.29, 0.717) is 18.4 Å². The highest BCUT2D eigenvalue weighted by Crippen LogP contribution is 2.26. The van der Waals surface area contributed by atoms with Crippen molar-refractivity contribution in [3.8, 4) is 0 Å². The van der Waals surface area contributed by atoms with Gasteiger partial charge in [0.1, 0.15) is 6.61 Å². The molecular weight excluding hydrogens is 286 g/mol. The maximum absolute atomic E-state index is 12.1. The first-order valence-electron chi connectivity index (χ1n) is 8.99. The van der Waals surface area contributed by atoms with E-state index in [9.17, 15) is 4.79 Å². The van der Waals surface area contributed by atoms with Crippen LogP contribution in [0.2, 0.25) is 0 Å². The predicted molar refractivity (Wildman–Crippen MR) is 94.4 cm³/mol. The number of benzene rings is 1. The summed E-state index contributed by atoms with van der Waals surface area (Å²) in [6.45, 7) is 7.53. The Morgan fingerprint density at radius 3 is 2.65 bits per heavy atom. The van der Waals surface area contributed by atoms with Gasteiger partial charge in [-0.1, -0.05) is 63.9 Å². The molecule has 1 aliphatic rings. The minimum atomic E-state index is 0.00445. The van der Waals surface area contributed by atoms with Crippen molar-refractivity contribution >= 4 is 5.91 Å². The Balaban J connectivity index is 1.76. The molecule has 3 heteroatoms. The van der Waals surface area contributed by atoms with Gasteiger partial charge >= 0.3 is 0 Å². The van der Waals surface area contributed by atoms with Crippen molar-refractivity contribution in [1.82, 2.24) is 5.32 Å². The molecule has 0 aromatic heterocycles. The predicted octanol–water partition coefficient (Wildman–Crippen LogP) is 4.14. The molecule has 0 spiro atoms. The van der Waals surface area contributed by atoms with E-state index in [1.807, 2.05) is 6.07 Å². The third-order valence-corrected chi connectivity index (χ3v) is 4.89. The van der Waals surface area contributed by atoms with Gasteiger partial charge in [0, 0.05) is 12.5 Å². The molecule has 1 saturated carbocycles. The highest BCUT2D eigenvalue weighted by atomic mass is 16.5. The molecule has 0 bridgehead atoms. The van der Waals surface area contributed by atoms with Crippen LogP contribution in [0.15, 0.2) is 30.3 Å². The average molecular weight is 317 g/mol. The third kappa shape index (κ3) is 5.98. The first-order chi connectivity index (χ1) is 11.1. The van der Waals surface area contributed by atoms with E-state index in [0.717, 1.165) is 18.8 Å². The summed E-state index contributed by atoms with van der Waals surface area (Å²) in [5.74, 6) is 1.55. The molecule has 23 heavy (non-hydrogen) atoms. The van der Waals surface area contributed by atoms with Crippen molar-refractivity contribution in [1.29, 1.82) is 0 Å². The van der Waals surface area contributed by atoms with Crippen LogP contribution in [0.25, 0.3) is 0 Å². The summed E-state index contributed by atoms with van der Waals surface area (Å²) < 4.78 is 5.80. The van der Waals surface area contributed by atoms with Gasteiger partial charge in [-0.2, -0.15) is 0 Å². The first kappa shape index (κ1) is 18.0. The van der Waals surface area contributed by atoms with Crippen molar-refractivity contribution in [2.24, 2.45) is 11.8 Å². The largest absolute Gasteiger partial charge is 0.368 e. The molecule has 1 fully saturated rings. The quantitative estimate of drug-likeness (QED) is 0.821. The first-order valence-corrected chi connectivity index (χ1v) is 8.99. The summed E-state index contributed by atoms with van der Waals surface area (Å²) in [6, 6.07) is 10.4. The Labute approximate surface area is 140 Å². The Bertz CT molecular complexity index is 472. The summed E-state index contributed by atoms with van der Waals surface area (Å²) in [6.07, 6.45) is 4.96. The lowest BCUT2D eigenvalue weighted by atomic mass is 9.88. The minimum Gasteiger partial charge on any atom is -0.368 e. The molecule has 0 aliphatic heterocycles. The van der Waals surface area contributed by atoms with E-state index in [-0.39, 0.29) is 18.6 Å². The van der Waals surface area contributed by atoms with Crippen LogP contribution in [0, 0.1) is 11.8 Å². The lowest BCUT2D eigenvalue weighted by Gasteiger charge is -2.27. The van der Waals surface area contributed by atoms with E-state index in [4.69, 9.17) is 4.74 Å². The number of ether oxygens (including phenoxy) is 1. The van der Waals surface area contributed by atoms with Crippen LogP contribution >= 0.6 is 0 Å². The molecule has 1 aromatic rings.